The number of ether oxygens (including phenoxy) is 2. The van der Waals surface area contributed by atoms with E-state index in [1.165, 1.54) is 26.6 Å². The molecule has 4 aromatic heterocycles. The lowest BCUT2D eigenvalue weighted by Crippen LogP contribution is -2.16. The molecule has 8 nitrogen and oxygen atoms in total. The first-order chi connectivity index (χ1) is 19.2. The first kappa shape index (κ1) is 33.3. The third kappa shape index (κ3) is 11.2. The van der Waals surface area contributed by atoms with E-state index in [0.29, 0.717) is 32.5 Å². The standard InChI is InChI=1S/C15H16N2O2Si.C10H7BrN2O2.C5H10Si/c1-19-15(18)11-9-14-13(16-10-11)6-5-12(17-14)7-8-20(2,3)4;1-15-10(14)6-4-8-7(12-5-6)2-3-9(11)13-8;1-5-6(2,3)4/h5-6,9-10H,1-4H3;2-5H,1H3;1H,2-4H3. The second-order valence-corrected chi connectivity index (χ2v) is 21.1. The molecule has 41 heavy (non-hydrogen) atoms. The van der Waals surface area contributed by atoms with Gasteiger partial charge in [0.15, 0.2) is 0 Å². The Hall–Kier alpha value is -3.91. The fraction of sp³-hybridized carbons (Fsp3) is 0.267. The Morgan fingerprint density at radius 1 is 0.756 bits per heavy atom. The van der Waals surface area contributed by atoms with E-state index in [9.17, 15) is 9.59 Å². The fourth-order valence-corrected chi connectivity index (χ4v) is 3.59. The molecule has 0 amide bonds. The number of hydrogen-bond donors (Lipinski definition) is 0. The highest BCUT2D eigenvalue weighted by Gasteiger charge is 2.10. The van der Waals surface area contributed by atoms with Gasteiger partial charge in [-0.2, -0.15) is 0 Å². The Labute approximate surface area is 251 Å². The van der Waals surface area contributed by atoms with E-state index in [4.69, 9.17) is 6.42 Å². The van der Waals surface area contributed by atoms with Gasteiger partial charge in [-0.3, -0.25) is 9.97 Å². The van der Waals surface area contributed by atoms with Crippen LogP contribution in [0.5, 0.6) is 0 Å². The quantitative estimate of drug-likeness (QED) is 0.108. The molecule has 0 spiro atoms. The van der Waals surface area contributed by atoms with Crippen LogP contribution in [-0.4, -0.2) is 62.2 Å². The van der Waals surface area contributed by atoms with Crippen LogP contribution in [0.2, 0.25) is 39.3 Å². The Kier molecular flexibility index (Phi) is 11.9. The van der Waals surface area contributed by atoms with Crippen molar-refractivity contribution in [2.24, 2.45) is 0 Å². The smallest absolute Gasteiger partial charge is 0.339 e. The van der Waals surface area contributed by atoms with Crippen molar-refractivity contribution in [2.75, 3.05) is 14.2 Å². The van der Waals surface area contributed by atoms with Crippen molar-refractivity contribution in [1.29, 1.82) is 0 Å². The zero-order chi connectivity index (χ0) is 30.8. The second kappa shape index (κ2) is 14.6. The lowest BCUT2D eigenvalue weighted by molar-refractivity contribution is 0.0591. The van der Waals surface area contributed by atoms with Crippen LogP contribution >= 0.6 is 15.9 Å². The van der Waals surface area contributed by atoms with E-state index in [1.54, 1.807) is 18.2 Å². The van der Waals surface area contributed by atoms with E-state index in [2.05, 4.69) is 102 Å². The van der Waals surface area contributed by atoms with E-state index >= 15 is 0 Å². The number of pyridine rings is 4. The maximum absolute atomic E-state index is 11.5. The molecule has 0 unspecified atom stereocenters. The highest BCUT2D eigenvalue weighted by atomic mass is 79.9. The average molecular weight is 650 g/mol. The highest BCUT2D eigenvalue weighted by Crippen LogP contribution is 2.15. The first-order valence-corrected chi connectivity index (χ1v) is 20.3. The molecule has 0 atom stereocenters. The minimum Gasteiger partial charge on any atom is -0.465 e. The molecule has 0 radical (unpaired) electrons. The van der Waals surface area contributed by atoms with E-state index in [-0.39, 0.29) is 0 Å². The van der Waals surface area contributed by atoms with Crippen LogP contribution in [0.15, 0.2) is 53.4 Å². The number of esters is 2. The third-order valence-corrected chi connectivity index (χ3v) is 7.06. The number of terminal acetylenes is 1. The Bertz CT molecular complexity index is 1660. The predicted molar refractivity (Wildman–Crippen MR) is 172 cm³/mol. The van der Waals surface area contributed by atoms with Gasteiger partial charge < -0.3 is 9.47 Å². The number of carbonyl (C=O) groups is 2. The van der Waals surface area contributed by atoms with Gasteiger partial charge in [-0.25, -0.2) is 19.6 Å². The summed E-state index contributed by atoms with van der Waals surface area (Å²) in [5.41, 5.74) is 10.3. The molecule has 4 rings (SSSR count). The number of methoxy groups -OCH3 is 2. The maximum atomic E-state index is 11.5. The Balaban J connectivity index is 0.000000246. The summed E-state index contributed by atoms with van der Waals surface area (Å²) in [6.07, 6.45) is 8.08. The van der Waals surface area contributed by atoms with Gasteiger partial charge in [0.1, 0.15) is 26.4 Å². The number of fused-ring (bicyclic) bond motifs is 2. The molecule has 0 aliphatic carbocycles. The van der Waals surface area contributed by atoms with Crippen molar-refractivity contribution < 1.29 is 19.1 Å². The summed E-state index contributed by atoms with van der Waals surface area (Å²) in [6.45, 7) is 13.0. The number of nitrogens with zero attached hydrogens (tertiary/aromatic N) is 4. The molecule has 4 aromatic rings. The minimum atomic E-state index is -1.43. The molecule has 0 fully saturated rings. The van der Waals surface area contributed by atoms with Crippen molar-refractivity contribution >= 4 is 66.1 Å². The molecule has 0 bridgehead atoms. The predicted octanol–water partition coefficient (Wildman–Crippen LogP) is 6.32. The summed E-state index contributed by atoms with van der Waals surface area (Å²) >= 11 is 3.26. The minimum absolute atomic E-state index is 0.391. The summed E-state index contributed by atoms with van der Waals surface area (Å²) in [5.74, 6) is 2.27. The van der Waals surface area contributed by atoms with Crippen LogP contribution in [0.4, 0.5) is 0 Å². The number of carbonyl (C=O) groups excluding carboxylic acids is 2. The summed E-state index contributed by atoms with van der Waals surface area (Å²) in [6, 6.07) is 10.7. The van der Waals surface area contributed by atoms with Gasteiger partial charge in [0, 0.05) is 12.4 Å². The van der Waals surface area contributed by atoms with E-state index < -0.39 is 28.1 Å². The third-order valence-electron chi connectivity index (χ3n) is 4.88. The van der Waals surface area contributed by atoms with Gasteiger partial charge in [0.25, 0.3) is 0 Å². The largest absolute Gasteiger partial charge is 0.465 e. The molecule has 0 N–H and O–H groups in total. The molecule has 0 aliphatic heterocycles. The van der Waals surface area contributed by atoms with Gasteiger partial charge in [-0.05, 0) is 52.3 Å². The van der Waals surface area contributed by atoms with Crippen LogP contribution in [-0.2, 0) is 9.47 Å². The number of hydrogen-bond acceptors (Lipinski definition) is 8. The number of aromatic nitrogens is 4. The zero-order valence-corrected chi connectivity index (χ0v) is 28.1. The van der Waals surface area contributed by atoms with Gasteiger partial charge in [0.05, 0.1) is 47.4 Å². The van der Waals surface area contributed by atoms with Gasteiger partial charge in [-0.1, -0.05) is 45.2 Å². The molecule has 11 heteroatoms. The molecular weight excluding hydrogens is 616 g/mol. The van der Waals surface area contributed by atoms with Crippen molar-refractivity contribution in [3.8, 4) is 23.4 Å². The highest BCUT2D eigenvalue weighted by molar-refractivity contribution is 9.10. The zero-order valence-electron chi connectivity index (χ0n) is 24.5. The Morgan fingerprint density at radius 3 is 1.66 bits per heavy atom. The van der Waals surface area contributed by atoms with Crippen LogP contribution in [0.1, 0.15) is 26.4 Å². The lowest BCUT2D eigenvalue weighted by atomic mass is 10.2. The van der Waals surface area contributed by atoms with Gasteiger partial charge in [0.2, 0.25) is 0 Å². The summed E-state index contributed by atoms with van der Waals surface area (Å²) in [7, 11) is 0.141. The van der Waals surface area contributed by atoms with Crippen molar-refractivity contribution in [2.45, 2.75) is 39.3 Å². The summed E-state index contributed by atoms with van der Waals surface area (Å²) in [5, 5.41) is 0. The molecule has 212 valence electrons. The SMILES string of the molecule is C#C[Si](C)(C)C.COC(=O)c1cnc2ccc(Br)nc2c1.COC(=O)c1cnc2ccc(C#C[Si](C)(C)C)nc2c1. The van der Waals surface area contributed by atoms with E-state index in [1.807, 2.05) is 18.2 Å². The van der Waals surface area contributed by atoms with Gasteiger partial charge >= 0.3 is 11.9 Å². The topological polar surface area (TPSA) is 104 Å². The van der Waals surface area contributed by atoms with Gasteiger partial charge in [-0.15, -0.1) is 17.5 Å². The summed E-state index contributed by atoms with van der Waals surface area (Å²) in [4.78, 5) is 39.7. The molecule has 0 saturated carbocycles. The molecular formula is C30H33BrN4O4Si2. The number of rotatable bonds is 2. The molecule has 0 aliphatic rings. The average Bonchev–Trinajstić information content (AvgIpc) is 2.94. The van der Waals surface area contributed by atoms with Crippen LogP contribution < -0.4 is 0 Å². The van der Waals surface area contributed by atoms with E-state index in [0.717, 1.165) is 11.0 Å². The fourth-order valence-electron chi connectivity index (χ4n) is 2.77. The summed E-state index contributed by atoms with van der Waals surface area (Å²) < 4.78 is 9.98. The first-order valence-electron chi connectivity index (χ1n) is 12.5. The lowest BCUT2D eigenvalue weighted by Gasteiger charge is -2.04. The second-order valence-electron chi connectivity index (χ2n) is 10.7. The number of halogens is 1. The van der Waals surface area contributed by atoms with Crippen LogP contribution in [0.25, 0.3) is 22.1 Å². The monoisotopic (exact) mass is 648 g/mol. The normalized spacial score (nSPS) is 10.5. The van der Waals surface area contributed by atoms with Crippen molar-refractivity contribution in [1.82, 2.24) is 19.9 Å². The van der Waals surface area contributed by atoms with Crippen LogP contribution in [0.3, 0.4) is 0 Å². The molecule has 0 saturated heterocycles. The van der Waals surface area contributed by atoms with Crippen molar-refractivity contribution in [3.05, 3.63) is 70.2 Å². The molecule has 4 heterocycles. The maximum Gasteiger partial charge on any atom is 0.339 e. The van der Waals surface area contributed by atoms with Crippen LogP contribution in [0, 0.1) is 23.4 Å². The molecule has 0 aromatic carbocycles. The Morgan fingerprint density at radius 2 is 1.22 bits per heavy atom. The van der Waals surface area contributed by atoms with Crippen molar-refractivity contribution in [3.63, 3.8) is 0 Å².